The molecule has 1 aliphatic heterocycles. The molecule has 3 rings (SSSR count). The zero-order chi connectivity index (χ0) is 21.9. The van der Waals surface area contributed by atoms with Crippen LogP contribution in [0.25, 0.3) is 0 Å². The molecule has 2 aromatic rings. The van der Waals surface area contributed by atoms with Crippen LogP contribution in [0.15, 0.2) is 47.4 Å². The van der Waals surface area contributed by atoms with Crippen LogP contribution in [-0.2, 0) is 24.1 Å². The molecule has 0 radical (unpaired) electrons. The van der Waals surface area contributed by atoms with Gasteiger partial charge in [-0.1, -0.05) is 38.1 Å². The topological polar surface area (TPSA) is 45.5 Å². The lowest BCUT2D eigenvalue weighted by molar-refractivity contribution is -0.140. The van der Waals surface area contributed by atoms with Gasteiger partial charge >= 0.3 is 6.18 Å². The summed E-state index contributed by atoms with van der Waals surface area (Å²) < 4.78 is 39.5. The maximum absolute atomic E-state index is 12.9. The Kier molecular flexibility index (Phi) is 6.65. The van der Waals surface area contributed by atoms with Crippen molar-refractivity contribution in [3.63, 3.8) is 0 Å². The van der Waals surface area contributed by atoms with Crippen LogP contribution in [0, 0.1) is 0 Å². The molecule has 1 aliphatic rings. The molecule has 1 aromatic heterocycles. The molecule has 30 heavy (non-hydrogen) atoms. The second kappa shape index (κ2) is 9.04. The molecule has 5 nitrogen and oxygen atoms in total. The Morgan fingerprint density at radius 2 is 1.67 bits per heavy atom. The maximum atomic E-state index is 12.9. The Bertz CT molecular complexity index is 928. The molecule has 0 bridgehead atoms. The van der Waals surface area contributed by atoms with E-state index in [1.54, 1.807) is 4.90 Å². The molecule has 0 aliphatic carbocycles. The molecular weight excluding hydrogens is 395 g/mol. The number of alkyl halides is 3. The molecule has 0 spiro atoms. The normalized spacial score (nSPS) is 15.6. The maximum Gasteiger partial charge on any atom is 0.421 e. The summed E-state index contributed by atoms with van der Waals surface area (Å²) in [5.41, 5.74) is 0.0432. The molecule has 1 amide bonds. The van der Waals surface area contributed by atoms with Gasteiger partial charge in [-0.2, -0.15) is 13.2 Å². The van der Waals surface area contributed by atoms with Gasteiger partial charge in [-0.25, -0.2) is 0 Å². The van der Waals surface area contributed by atoms with Crippen molar-refractivity contribution >= 4 is 5.91 Å². The third kappa shape index (κ3) is 5.30. The van der Waals surface area contributed by atoms with Crippen LogP contribution in [0.1, 0.15) is 36.5 Å². The van der Waals surface area contributed by atoms with Crippen molar-refractivity contribution in [1.29, 1.82) is 0 Å². The van der Waals surface area contributed by atoms with Crippen molar-refractivity contribution in [3.8, 4) is 0 Å². The second-order valence-electron chi connectivity index (χ2n) is 7.91. The molecule has 0 N–H and O–H groups in total. The summed E-state index contributed by atoms with van der Waals surface area (Å²) in [6, 6.07) is 10.4. The lowest BCUT2D eigenvalue weighted by Gasteiger charge is -2.35. The highest BCUT2D eigenvalue weighted by atomic mass is 19.4. The van der Waals surface area contributed by atoms with E-state index in [0.717, 1.165) is 23.2 Å². The Hall–Kier alpha value is -2.61. The molecule has 162 valence electrons. The van der Waals surface area contributed by atoms with Crippen molar-refractivity contribution in [2.75, 3.05) is 26.2 Å². The number of benzene rings is 1. The van der Waals surface area contributed by atoms with E-state index in [0.29, 0.717) is 32.1 Å². The molecule has 0 saturated carbocycles. The smallest absolute Gasteiger partial charge is 0.339 e. The van der Waals surface area contributed by atoms with Crippen LogP contribution in [0.4, 0.5) is 13.2 Å². The number of aromatic nitrogens is 1. The van der Waals surface area contributed by atoms with Gasteiger partial charge in [0.15, 0.2) is 0 Å². The molecule has 2 heterocycles. The van der Waals surface area contributed by atoms with Gasteiger partial charge in [-0.15, -0.1) is 0 Å². The number of halogens is 3. The largest absolute Gasteiger partial charge is 0.421 e. The monoisotopic (exact) mass is 421 g/mol. The van der Waals surface area contributed by atoms with E-state index in [1.807, 2.05) is 0 Å². The van der Waals surface area contributed by atoms with Gasteiger partial charge in [0.05, 0.1) is 0 Å². The third-order valence-corrected chi connectivity index (χ3v) is 5.41. The van der Waals surface area contributed by atoms with Crippen LogP contribution < -0.4 is 5.56 Å². The average molecular weight is 421 g/mol. The lowest BCUT2D eigenvalue weighted by Crippen LogP contribution is -2.49. The summed E-state index contributed by atoms with van der Waals surface area (Å²) in [7, 11) is 0. The number of rotatable bonds is 5. The number of hydrogen-bond acceptors (Lipinski definition) is 3. The van der Waals surface area contributed by atoms with Gasteiger partial charge in [-0.3, -0.25) is 14.5 Å². The predicted molar refractivity (Wildman–Crippen MR) is 108 cm³/mol. The van der Waals surface area contributed by atoms with Gasteiger partial charge in [0.1, 0.15) is 12.1 Å². The fourth-order valence-electron chi connectivity index (χ4n) is 3.54. The summed E-state index contributed by atoms with van der Waals surface area (Å²) in [6.45, 7) is 7.02. The lowest BCUT2D eigenvalue weighted by atomic mass is 10.0. The second-order valence-corrected chi connectivity index (χ2v) is 7.91. The van der Waals surface area contributed by atoms with Gasteiger partial charge in [0.25, 0.3) is 5.56 Å². The molecule has 1 saturated heterocycles. The number of carbonyl (C=O) groups excluding carboxylic acids is 1. The van der Waals surface area contributed by atoms with Gasteiger partial charge in [-0.05, 0) is 29.2 Å². The molecule has 1 fully saturated rings. The Morgan fingerprint density at radius 3 is 2.23 bits per heavy atom. The standard InChI is InChI=1S/C22H26F3N3O2/c1-16(2)18-7-5-17(6-8-18)14-26-10-12-27(13-11-26)20(29)15-28-9-3-4-19(21(28)30)22(23,24)25/h3-9,16H,10-15H2,1-2H3. The fraction of sp³-hybridized carbons (Fsp3) is 0.455. The Balaban J connectivity index is 1.55. The van der Waals surface area contributed by atoms with E-state index in [-0.39, 0.29) is 12.5 Å². The highest BCUT2D eigenvalue weighted by molar-refractivity contribution is 5.76. The predicted octanol–water partition coefficient (Wildman–Crippen LogP) is 3.33. The Labute approximate surface area is 173 Å². The molecule has 8 heteroatoms. The van der Waals surface area contributed by atoms with Crippen molar-refractivity contribution in [2.24, 2.45) is 0 Å². The van der Waals surface area contributed by atoms with Gasteiger partial charge in [0.2, 0.25) is 5.91 Å². The molecule has 0 unspecified atom stereocenters. The number of hydrogen-bond donors (Lipinski definition) is 0. The summed E-state index contributed by atoms with van der Waals surface area (Å²) in [4.78, 5) is 28.4. The van der Waals surface area contributed by atoms with Crippen LogP contribution in [0.2, 0.25) is 0 Å². The van der Waals surface area contributed by atoms with Gasteiger partial charge < -0.3 is 9.47 Å². The third-order valence-electron chi connectivity index (χ3n) is 5.41. The quantitative estimate of drug-likeness (QED) is 0.744. The van der Waals surface area contributed by atoms with Crippen LogP contribution in [0.3, 0.4) is 0 Å². The minimum absolute atomic E-state index is 0.350. The van der Waals surface area contributed by atoms with Crippen LogP contribution >= 0.6 is 0 Å². The number of pyridine rings is 1. The van der Waals surface area contributed by atoms with E-state index < -0.39 is 17.3 Å². The first-order valence-corrected chi connectivity index (χ1v) is 10.0. The number of amides is 1. The fourth-order valence-corrected chi connectivity index (χ4v) is 3.54. The number of nitrogens with zero attached hydrogens (tertiary/aromatic N) is 3. The zero-order valence-corrected chi connectivity index (χ0v) is 17.2. The zero-order valence-electron chi connectivity index (χ0n) is 17.2. The first-order chi connectivity index (χ1) is 14.1. The van der Waals surface area contributed by atoms with E-state index in [2.05, 4.69) is 43.0 Å². The van der Waals surface area contributed by atoms with Crippen molar-refractivity contribution in [3.05, 3.63) is 69.6 Å². The summed E-state index contributed by atoms with van der Waals surface area (Å²) in [5.74, 6) is 0.135. The minimum atomic E-state index is -4.73. The highest BCUT2D eigenvalue weighted by Crippen LogP contribution is 2.26. The molecule has 1 aromatic carbocycles. The Morgan fingerprint density at radius 1 is 1.03 bits per heavy atom. The van der Waals surface area contributed by atoms with Crippen LogP contribution in [-0.4, -0.2) is 46.5 Å². The van der Waals surface area contributed by atoms with Crippen LogP contribution in [0.5, 0.6) is 0 Å². The average Bonchev–Trinajstić information content (AvgIpc) is 2.69. The summed E-state index contributed by atoms with van der Waals surface area (Å²) in [5, 5.41) is 0. The van der Waals surface area contributed by atoms with Crippen molar-refractivity contribution in [1.82, 2.24) is 14.4 Å². The van der Waals surface area contributed by atoms with Crippen molar-refractivity contribution in [2.45, 2.75) is 39.0 Å². The van der Waals surface area contributed by atoms with Crippen molar-refractivity contribution < 1.29 is 18.0 Å². The molecule has 0 atom stereocenters. The SMILES string of the molecule is CC(C)c1ccc(CN2CCN(C(=O)Cn3cccc(C(F)(F)F)c3=O)CC2)cc1. The minimum Gasteiger partial charge on any atom is -0.339 e. The van der Waals surface area contributed by atoms with E-state index in [1.165, 1.54) is 17.3 Å². The highest BCUT2D eigenvalue weighted by Gasteiger charge is 2.34. The first-order valence-electron chi connectivity index (χ1n) is 10.0. The molecular formula is C22H26F3N3O2. The number of carbonyl (C=O) groups is 1. The first kappa shape index (κ1) is 22.1. The van der Waals surface area contributed by atoms with E-state index >= 15 is 0 Å². The number of piperazine rings is 1. The van der Waals surface area contributed by atoms with E-state index in [9.17, 15) is 22.8 Å². The van der Waals surface area contributed by atoms with E-state index in [4.69, 9.17) is 0 Å². The van der Waals surface area contributed by atoms with Gasteiger partial charge in [0, 0.05) is 38.9 Å². The summed E-state index contributed by atoms with van der Waals surface area (Å²) >= 11 is 0. The summed E-state index contributed by atoms with van der Waals surface area (Å²) in [6.07, 6.45) is -3.52.